The zero-order valence-electron chi connectivity index (χ0n) is 13.8. The van der Waals surface area contributed by atoms with E-state index in [1.165, 1.54) is 11.3 Å². The number of ketones is 1. The molecule has 132 valence electrons. The first kappa shape index (κ1) is 18.3. The van der Waals surface area contributed by atoms with Crippen molar-refractivity contribution in [1.82, 2.24) is 4.90 Å². The molecule has 1 aromatic heterocycles. The SMILES string of the molecule is O=C(/C=C/c1ccc(OCCN2CCOCC2)cc1)c1cc(Br)cs1. The molecule has 0 bridgehead atoms. The molecule has 0 atom stereocenters. The van der Waals surface area contributed by atoms with Gasteiger partial charge in [-0.05, 0) is 45.8 Å². The summed E-state index contributed by atoms with van der Waals surface area (Å²) in [6, 6.07) is 9.62. The Hall–Kier alpha value is -1.47. The lowest BCUT2D eigenvalue weighted by molar-refractivity contribution is 0.0322. The van der Waals surface area contributed by atoms with Crippen LogP contribution in [0.4, 0.5) is 0 Å². The van der Waals surface area contributed by atoms with Crippen molar-refractivity contribution in [2.75, 3.05) is 39.5 Å². The fraction of sp³-hybridized carbons (Fsp3) is 0.316. The minimum Gasteiger partial charge on any atom is -0.492 e. The second-order valence-corrected chi connectivity index (χ2v) is 7.53. The van der Waals surface area contributed by atoms with Crippen LogP contribution in [0.1, 0.15) is 15.2 Å². The number of allylic oxidation sites excluding steroid dienone is 1. The van der Waals surface area contributed by atoms with E-state index >= 15 is 0 Å². The molecule has 2 aromatic rings. The fourth-order valence-corrected chi connectivity index (χ4v) is 3.84. The number of ether oxygens (including phenoxy) is 2. The summed E-state index contributed by atoms with van der Waals surface area (Å²) in [5, 5.41) is 1.91. The smallest absolute Gasteiger partial charge is 0.195 e. The van der Waals surface area contributed by atoms with Crippen molar-refractivity contribution in [3.8, 4) is 5.75 Å². The molecule has 2 heterocycles. The summed E-state index contributed by atoms with van der Waals surface area (Å²) in [5.74, 6) is 0.862. The average molecular weight is 422 g/mol. The fourth-order valence-electron chi connectivity index (χ4n) is 2.49. The number of carbonyl (C=O) groups is 1. The highest BCUT2D eigenvalue weighted by Gasteiger charge is 2.09. The molecule has 3 rings (SSSR count). The second kappa shape index (κ2) is 9.29. The molecule has 1 saturated heterocycles. The summed E-state index contributed by atoms with van der Waals surface area (Å²) in [6.45, 7) is 5.14. The van der Waals surface area contributed by atoms with Gasteiger partial charge in [0.25, 0.3) is 0 Å². The second-order valence-electron chi connectivity index (χ2n) is 5.70. The van der Waals surface area contributed by atoms with E-state index in [0.717, 1.165) is 53.5 Å². The molecule has 0 radical (unpaired) electrons. The van der Waals surface area contributed by atoms with E-state index in [0.29, 0.717) is 6.61 Å². The lowest BCUT2D eigenvalue weighted by Gasteiger charge is -2.26. The maximum absolute atomic E-state index is 12.1. The van der Waals surface area contributed by atoms with E-state index in [2.05, 4.69) is 20.8 Å². The third-order valence-corrected chi connectivity index (χ3v) is 5.60. The van der Waals surface area contributed by atoms with E-state index in [1.54, 1.807) is 6.08 Å². The van der Waals surface area contributed by atoms with Gasteiger partial charge in [0.2, 0.25) is 0 Å². The Kier molecular flexibility index (Phi) is 6.81. The van der Waals surface area contributed by atoms with Crippen molar-refractivity contribution in [1.29, 1.82) is 0 Å². The Bertz CT molecular complexity index is 721. The molecule has 0 amide bonds. The average Bonchev–Trinajstić information content (AvgIpc) is 3.08. The van der Waals surface area contributed by atoms with Gasteiger partial charge in [0.05, 0.1) is 18.1 Å². The van der Waals surface area contributed by atoms with Gasteiger partial charge in [-0.2, -0.15) is 0 Å². The number of benzene rings is 1. The molecule has 1 aliphatic heterocycles. The quantitative estimate of drug-likeness (QED) is 0.497. The monoisotopic (exact) mass is 421 g/mol. The van der Waals surface area contributed by atoms with Gasteiger partial charge in [-0.25, -0.2) is 0 Å². The van der Waals surface area contributed by atoms with Crippen LogP contribution in [-0.2, 0) is 4.74 Å². The number of nitrogens with zero attached hydrogens (tertiary/aromatic N) is 1. The van der Waals surface area contributed by atoms with Crippen molar-refractivity contribution in [3.63, 3.8) is 0 Å². The molecule has 0 spiro atoms. The lowest BCUT2D eigenvalue weighted by atomic mass is 10.2. The largest absolute Gasteiger partial charge is 0.492 e. The number of hydrogen-bond acceptors (Lipinski definition) is 5. The summed E-state index contributed by atoms with van der Waals surface area (Å²) >= 11 is 4.80. The molecule has 0 saturated carbocycles. The summed E-state index contributed by atoms with van der Waals surface area (Å²) < 4.78 is 12.1. The summed E-state index contributed by atoms with van der Waals surface area (Å²) in [4.78, 5) is 15.1. The highest BCUT2D eigenvalue weighted by molar-refractivity contribution is 9.10. The third-order valence-electron chi connectivity index (χ3n) is 3.90. The Morgan fingerprint density at radius 2 is 2.04 bits per heavy atom. The number of carbonyl (C=O) groups excluding carboxylic acids is 1. The van der Waals surface area contributed by atoms with Crippen LogP contribution >= 0.6 is 27.3 Å². The number of morpholine rings is 1. The maximum atomic E-state index is 12.1. The van der Waals surface area contributed by atoms with Crippen molar-refractivity contribution in [3.05, 3.63) is 56.7 Å². The summed E-state index contributed by atoms with van der Waals surface area (Å²) in [6.07, 6.45) is 3.43. The normalized spacial score (nSPS) is 15.6. The van der Waals surface area contributed by atoms with Crippen LogP contribution in [-0.4, -0.2) is 50.1 Å². The van der Waals surface area contributed by atoms with Crippen LogP contribution in [0.2, 0.25) is 0 Å². The van der Waals surface area contributed by atoms with Crippen molar-refractivity contribution >= 4 is 39.1 Å². The summed E-state index contributed by atoms with van der Waals surface area (Å²) in [5.41, 5.74) is 0.976. The first-order valence-corrected chi connectivity index (χ1v) is 9.87. The highest BCUT2D eigenvalue weighted by Crippen LogP contribution is 2.21. The summed E-state index contributed by atoms with van der Waals surface area (Å²) in [7, 11) is 0. The number of rotatable bonds is 7. The van der Waals surface area contributed by atoms with Gasteiger partial charge in [-0.3, -0.25) is 9.69 Å². The predicted molar refractivity (Wildman–Crippen MR) is 105 cm³/mol. The van der Waals surface area contributed by atoms with Gasteiger partial charge >= 0.3 is 0 Å². The van der Waals surface area contributed by atoms with E-state index in [4.69, 9.17) is 9.47 Å². The number of hydrogen-bond donors (Lipinski definition) is 0. The third kappa shape index (κ3) is 5.78. The van der Waals surface area contributed by atoms with E-state index in [1.807, 2.05) is 41.8 Å². The van der Waals surface area contributed by atoms with Gasteiger partial charge < -0.3 is 9.47 Å². The molecule has 1 fully saturated rings. The van der Waals surface area contributed by atoms with Gasteiger partial charge in [-0.15, -0.1) is 11.3 Å². The number of thiophene rings is 1. The molecule has 6 heteroatoms. The predicted octanol–water partition coefficient (Wildman–Crippen LogP) is 4.12. The van der Waals surface area contributed by atoms with Crippen molar-refractivity contribution in [2.45, 2.75) is 0 Å². The van der Waals surface area contributed by atoms with Crippen LogP contribution in [0, 0.1) is 0 Å². The highest BCUT2D eigenvalue weighted by atomic mass is 79.9. The van der Waals surface area contributed by atoms with Gasteiger partial charge in [0, 0.05) is 29.5 Å². The van der Waals surface area contributed by atoms with Crippen LogP contribution in [0.15, 0.2) is 46.3 Å². The van der Waals surface area contributed by atoms with Crippen LogP contribution in [0.25, 0.3) is 6.08 Å². The Morgan fingerprint density at radius 1 is 1.28 bits per heavy atom. The van der Waals surface area contributed by atoms with Crippen LogP contribution in [0.3, 0.4) is 0 Å². The van der Waals surface area contributed by atoms with Gasteiger partial charge in [0.1, 0.15) is 12.4 Å². The Balaban J connectivity index is 1.46. The van der Waals surface area contributed by atoms with E-state index in [-0.39, 0.29) is 5.78 Å². The molecule has 0 aliphatic carbocycles. The zero-order chi connectivity index (χ0) is 17.5. The van der Waals surface area contributed by atoms with Crippen LogP contribution < -0.4 is 4.74 Å². The molecule has 4 nitrogen and oxygen atoms in total. The molecule has 1 aromatic carbocycles. The van der Waals surface area contributed by atoms with E-state index in [9.17, 15) is 4.79 Å². The standard InChI is InChI=1S/C19H20BrNO3S/c20-16-13-19(25-14-16)18(22)6-3-15-1-4-17(5-2-15)24-12-9-21-7-10-23-11-8-21/h1-6,13-14H,7-12H2/b6-3+. The lowest BCUT2D eigenvalue weighted by Crippen LogP contribution is -2.38. The molecular weight excluding hydrogens is 402 g/mol. The van der Waals surface area contributed by atoms with Crippen molar-refractivity contribution < 1.29 is 14.3 Å². The van der Waals surface area contributed by atoms with Crippen molar-refractivity contribution in [2.24, 2.45) is 0 Å². The molecule has 25 heavy (non-hydrogen) atoms. The maximum Gasteiger partial charge on any atom is 0.195 e. The van der Waals surface area contributed by atoms with E-state index < -0.39 is 0 Å². The minimum absolute atomic E-state index is 0.0153. The van der Waals surface area contributed by atoms with Gasteiger partial charge in [-0.1, -0.05) is 18.2 Å². The first-order chi connectivity index (χ1) is 12.2. The molecule has 1 aliphatic rings. The zero-order valence-corrected chi connectivity index (χ0v) is 16.2. The Morgan fingerprint density at radius 3 is 2.72 bits per heavy atom. The number of halogens is 1. The van der Waals surface area contributed by atoms with Gasteiger partial charge in [0.15, 0.2) is 5.78 Å². The first-order valence-electron chi connectivity index (χ1n) is 8.20. The minimum atomic E-state index is 0.0153. The molecule has 0 N–H and O–H groups in total. The van der Waals surface area contributed by atoms with Crippen LogP contribution in [0.5, 0.6) is 5.75 Å². The topological polar surface area (TPSA) is 38.8 Å². The Labute approximate surface area is 160 Å². The molecule has 0 unspecified atom stereocenters. The molecular formula is C19H20BrNO3S.